The molecule has 16 heavy (non-hydrogen) atoms. The van der Waals surface area contributed by atoms with Crippen LogP contribution >= 0.6 is 0 Å². The highest BCUT2D eigenvalue weighted by Crippen LogP contribution is 2.30. The molecule has 0 aromatic heterocycles. The summed E-state index contributed by atoms with van der Waals surface area (Å²) in [6.45, 7) is 8.46. The summed E-state index contributed by atoms with van der Waals surface area (Å²) in [6, 6.07) is 0. The Bertz CT molecular complexity index is 257. The maximum Gasteiger partial charge on any atom is 0.227 e. The quantitative estimate of drug-likeness (QED) is 0.734. The molecule has 0 spiro atoms. The molecule has 0 radical (unpaired) electrons. The number of hydrogen-bond donors (Lipinski definition) is 1. The van der Waals surface area contributed by atoms with E-state index in [0.29, 0.717) is 11.3 Å². The second-order valence-electron chi connectivity index (χ2n) is 6.03. The number of carbonyl (C=O) groups is 1. The van der Waals surface area contributed by atoms with Crippen LogP contribution in [0.3, 0.4) is 0 Å². The molecule has 2 aliphatic rings. The number of nitrogens with zero attached hydrogens (tertiary/aromatic N) is 1. The smallest absolute Gasteiger partial charge is 0.227 e. The average molecular weight is 224 g/mol. The topological polar surface area (TPSA) is 32.3 Å². The van der Waals surface area contributed by atoms with Gasteiger partial charge >= 0.3 is 0 Å². The fourth-order valence-corrected chi connectivity index (χ4v) is 2.77. The average Bonchev–Trinajstić information content (AvgIpc) is 2.69. The second kappa shape index (κ2) is 4.74. The first-order chi connectivity index (χ1) is 7.58. The minimum atomic E-state index is 0.251. The van der Waals surface area contributed by atoms with E-state index in [-0.39, 0.29) is 5.92 Å². The SMILES string of the molecule is CC1(C)CCCN(C(=O)C2CCNC2)CC1. The molecule has 0 saturated carbocycles. The summed E-state index contributed by atoms with van der Waals surface area (Å²) in [5.74, 6) is 0.643. The monoisotopic (exact) mass is 224 g/mol. The van der Waals surface area contributed by atoms with Crippen LogP contribution in [0.25, 0.3) is 0 Å². The molecule has 0 aliphatic carbocycles. The van der Waals surface area contributed by atoms with Crippen molar-refractivity contribution < 1.29 is 4.79 Å². The Kier molecular flexibility index (Phi) is 3.53. The van der Waals surface area contributed by atoms with Gasteiger partial charge in [-0.3, -0.25) is 4.79 Å². The highest BCUT2D eigenvalue weighted by atomic mass is 16.2. The Hall–Kier alpha value is -0.570. The first-order valence-electron chi connectivity index (χ1n) is 6.58. The van der Waals surface area contributed by atoms with Gasteiger partial charge in [-0.15, -0.1) is 0 Å². The Morgan fingerprint density at radius 1 is 1.31 bits per heavy atom. The Morgan fingerprint density at radius 3 is 2.81 bits per heavy atom. The van der Waals surface area contributed by atoms with E-state index in [2.05, 4.69) is 24.1 Å². The Morgan fingerprint density at radius 2 is 2.12 bits per heavy atom. The molecule has 1 atom stereocenters. The van der Waals surface area contributed by atoms with Gasteiger partial charge in [-0.05, 0) is 37.6 Å². The number of hydrogen-bond acceptors (Lipinski definition) is 2. The maximum atomic E-state index is 12.3. The molecule has 0 aromatic rings. The summed E-state index contributed by atoms with van der Waals surface area (Å²) in [4.78, 5) is 14.4. The van der Waals surface area contributed by atoms with E-state index in [1.54, 1.807) is 0 Å². The van der Waals surface area contributed by atoms with E-state index in [4.69, 9.17) is 0 Å². The van der Waals surface area contributed by atoms with Crippen LogP contribution < -0.4 is 5.32 Å². The van der Waals surface area contributed by atoms with Crippen molar-refractivity contribution in [1.82, 2.24) is 10.2 Å². The highest BCUT2D eigenvalue weighted by molar-refractivity contribution is 5.79. The number of likely N-dealkylation sites (tertiary alicyclic amines) is 1. The molecule has 2 rings (SSSR count). The van der Waals surface area contributed by atoms with E-state index in [9.17, 15) is 4.79 Å². The summed E-state index contributed by atoms with van der Waals surface area (Å²) >= 11 is 0. The minimum Gasteiger partial charge on any atom is -0.342 e. The van der Waals surface area contributed by atoms with Crippen LogP contribution in [0.5, 0.6) is 0 Å². The lowest BCUT2D eigenvalue weighted by atomic mass is 9.85. The zero-order chi connectivity index (χ0) is 11.6. The number of amides is 1. The predicted octanol–water partition coefficient (Wildman–Crippen LogP) is 1.63. The molecule has 3 heteroatoms. The zero-order valence-electron chi connectivity index (χ0n) is 10.6. The predicted molar refractivity (Wildman–Crippen MR) is 65.2 cm³/mol. The van der Waals surface area contributed by atoms with Gasteiger partial charge in [-0.2, -0.15) is 0 Å². The van der Waals surface area contributed by atoms with Crippen LogP contribution in [0.4, 0.5) is 0 Å². The van der Waals surface area contributed by atoms with Crippen LogP contribution in [0.2, 0.25) is 0 Å². The normalized spacial score (nSPS) is 30.1. The standard InChI is InChI=1S/C13H24N2O/c1-13(2)5-3-8-15(9-6-13)12(16)11-4-7-14-10-11/h11,14H,3-10H2,1-2H3. The van der Waals surface area contributed by atoms with Gasteiger partial charge in [0.05, 0.1) is 5.92 Å². The van der Waals surface area contributed by atoms with Crippen molar-refractivity contribution in [3.63, 3.8) is 0 Å². The molecule has 92 valence electrons. The van der Waals surface area contributed by atoms with Crippen LogP contribution in [0.15, 0.2) is 0 Å². The number of rotatable bonds is 1. The summed E-state index contributed by atoms with van der Waals surface area (Å²) in [6.07, 6.45) is 4.59. The van der Waals surface area contributed by atoms with Crippen molar-refractivity contribution in [2.45, 2.75) is 39.5 Å². The largest absolute Gasteiger partial charge is 0.342 e. The second-order valence-corrected chi connectivity index (χ2v) is 6.03. The lowest BCUT2D eigenvalue weighted by molar-refractivity contribution is -0.134. The summed E-state index contributed by atoms with van der Waals surface area (Å²) < 4.78 is 0. The molecule has 0 bridgehead atoms. The number of nitrogens with one attached hydrogen (secondary N) is 1. The van der Waals surface area contributed by atoms with E-state index >= 15 is 0 Å². The fraction of sp³-hybridized carbons (Fsp3) is 0.923. The lowest BCUT2D eigenvalue weighted by Crippen LogP contribution is -2.38. The fourth-order valence-electron chi connectivity index (χ4n) is 2.77. The Labute approximate surface area is 98.6 Å². The first-order valence-corrected chi connectivity index (χ1v) is 6.58. The summed E-state index contributed by atoms with van der Waals surface area (Å²) in [7, 11) is 0. The zero-order valence-corrected chi connectivity index (χ0v) is 10.6. The molecular formula is C13H24N2O. The minimum absolute atomic E-state index is 0.251. The van der Waals surface area contributed by atoms with Crippen molar-refractivity contribution in [2.75, 3.05) is 26.2 Å². The Balaban J connectivity index is 1.91. The third-order valence-corrected chi connectivity index (χ3v) is 4.06. The molecule has 1 amide bonds. The molecule has 1 unspecified atom stereocenters. The summed E-state index contributed by atoms with van der Waals surface area (Å²) in [5, 5.41) is 3.28. The van der Waals surface area contributed by atoms with Gasteiger partial charge in [0.1, 0.15) is 0 Å². The van der Waals surface area contributed by atoms with Gasteiger partial charge in [-0.1, -0.05) is 13.8 Å². The molecule has 3 nitrogen and oxygen atoms in total. The summed E-state index contributed by atoms with van der Waals surface area (Å²) in [5.41, 5.74) is 0.420. The van der Waals surface area contributed by atoms with Crippen LogP contribution in [0.1, 0.15) is 39.5 Å². The van der Waals surface area contributed by atoms with Crippen molar-refractivity contribution >= 4 is 5.91 Å². The van der Waals surface area contributed by atoms with Crippen molar-refractivity contribution in [3.05, 3.63) is 0 Å². The van der Waals surface area contributed by atoms with Crippen LogP contribution in [0, 0.1) is 11.3 Å². The lowest BCUT2D eigenvalue weighted by Gasteiger charge is -2.25. The van der Waals surface area contributed by atoms with Crippen molar-refractivity contribution in [3.8, 4) is 0 Å². The third-order valence-electron chi connectivity index (χ3n) is 4.06. The van der Waals surface area contributed by atoms with E-state index < -0.39 is 0 Å². The molecule has 2 saturated heterocycles. The van der Waals surface area contributed by atoms with Gasteiger partial charge < -0.3 is 10.2 Å². The van der Waals surface area contributed by atoms with Gasteiger partial charge in [-0.25, -0.2) is 0 Å². The van der Waals surface area contributed by atoms with E-state index in [1.165, 1.54) is 12.8 Å². The van der Waals surface area contributed by atoms with Gasteiger partial charge in [0.15, 0.2) is 0 Å². The number of carbonyl (C=O) groups excluding carboxylic acids is 1. The van der Waals surface area contributed by atoms with Gasteiger partial charge in [0.2, 0.25) is 5.91 Å². The highest BCUT2D eigenvalue weighted by Gasteiger charge is 2.30. The molecule has 1 N–H and O–H groups in total. The molecule has 2 fully saturated rings. The maximum absolute atomic E-state index is 12.3. The van der Waals surface area contributed by atoms with Gasteiger partial charge in [0.25, 0.3) is 0 Å². The van der Waals surface area contributed by atoms with Crippen molar-refractivity contribution in [1.29, 1.82) is 0 Å². The first kappa shape index (κ1) is 11.9. The molecule has 2 heterocycles. The van der Waals surface area contributed by atoms with E-state index in [1.807, 2.05) is 0 Å². The van der Waals surface area contributed by atoms with E-state index in [0.717, 1.165) is 39.0 Å². The van der Waals surface area contributed by atoms with Crippen LogP contribution in [-0.4, -0.2) is 37.0 Å². The molecule has 2 aliphatic heterocycles. The molecular weight excluding hydrogens is 200 g/mol. The third kappa shape index (κ3) is 2.76. The van der Waals surface area contributed by atoms with Crippen LogP contribution in [-0.2, 0) is 4.79 Å². The van der Waals surface area contributed by atoms with Crippen molar-refractivity contribution in [2.24, 2.45) is 11.3 Å². The molecule has 0 aromatic carbocycles. The van der Waals surface area contributed by atoms with Gasteiger partial charge in [0, 0.05) is 19.6 Å².